The van der Waals surface area contributed by atoms with Gasteiger partial charge in [0.25, 0.3) is 5.91 Å². The van der Waals surface area contributed by atoms with Crippen molar-refractivity contribution in [1.29, 1.82) is 0 Å². The third-order valence-corrected chi connectivity index (χ3v) is 6.82. The van der Waals surface area contributed by atoms with Gasteiger partial charge in [0.1, 0.15) is 11.8 Å². The normalized spacial score (nSPS) is 11.6. The van der Waals surface area contributed by atoms with Gasteiger partial charge in [-0.15, -0.1) is 0 Å². The predicted octanol–water partition coefficient (Wildman–Crippen LogP) is 6.56. The van der Waals surface area contributed by atoms with Gasteiger partial charge in [0.15, 0.2) is 6.61 Å². The van der Waals surface area contributed by atoms with Crippen LogP contribution in [0.3, 0.4) is 0 Å². The van der Waals surface area contributed by atoms with Crippen molar-refractivity contribution in [3.8, 4) is 5.75 Å². The molecule has 0 aliphatic carbocycles. The van der Waals surface area contributed by atoms with Gasteiger partial charge >= 0.3 is 0 Å². The monoisotopic (exact) mass is 596 g/mol. The van der Waals surface area contributed by atoms with Crippen LogP contribution in [0.2, 0.25) is 15.1 Å². The van der Waals surface area contributed by atoms with Crippen molar-refractivity contribution in [1.82, 2.24) is 10.2 Å². The standard InChI is InChI=1S/C26H24BrCl3N2O3/c1-2-31-26(34)23(13-17-7-4-3-5-8-17)32(15-19-21(29)9-6-10-22(19)30)25(33)16-35-24-12-11-18(28)14-20(24)27/h3-12,14,23H,2,13,15-16H2,1H3,(H,31,34). The van der Waals surface area contributed by atoms with E-state index in [4.69, 9.17) is 39.5 Å². The van der Waals surface area contributed by atoms with E-state index in [2.05, 4.69) is 21.2 Å². The van der Waals surface area contributed by atoms with E-state index in [1.807, 2.05) is 37.3 Å². The van der Waals surface area contributed by atoms with Crippen molar-refractivity contribution < 1.29 is 14.3 Å². The summed E-state index contributed by atoms with van der Waals surface area (Å²) >= 11 is 22.2. The number of rotatable bonds is 10. The summed E-state index contributed by atoms with van der Waals surface area (Å²) in [6.07, 6.45) is 0.311. The summed E-state index contributed by atoms with van der Waals surface area (Å²) in [5.74, 6) is -0.216. The summed E-state index contributed by atoms with van der Waals surface area (Å²) in [5.41, 5.74) is 1.47. The molecule has 1 unspecified atom stereocenters. The molecule has 3 rings (SSSR count). The van der Waals surface area contributed by atoms with Crippen LogP contribution in [0, 0.1) is 0 Å². The largest absolute Gasteiger partial charge is 0.483 e. The van der Waals surface area contributed by atoms with Gasteiger partial charge in [-0.1, -0.05) is 71.2 Å². The average molecular weight is 599 g/mol. The molecule has 0 bridgehead atoms. The average Bonchev–Trinajstić information content (AvgIpc) is 2.83. The number of carbonyl (C=O) groups excluding carboxylic acids is 2. The van der Waals surface area contributed by atoms with Gasteiger partial charge in [-0.05, 0) is 58.7 Å². The van der Waals surface area contributed by atoms with Gasteiger partial charge < -0.3 is 15.0 Å². The quantitative estimate of drug-likeness (QED) is 0.288. The van der Waals surface area contributed by atoms with Gasteiger partial charge in [0.05, 0.1) is 4.47 Å². The Hall–Kier alpha value is -2.25. The lowest BCUT2D eigenvalue weighted by molar-refractivity contribution is -0.142. The Bertz CT molecular complexity index is 1160. The van der Waals surface area contributed by atoms with Gasteiger partial charge in [-0.25, -0.2) is 0 Å². The maximum atomic E-state index is 13.6. The number of hydrogen-bond donors (Lipinski definition) is 1. The summed E-state index contributed by atoms with van der Waals surface area (Å²) in [6, 6.07) is 18.8. The zero-order valence-corrected chi connectivity index (χ0v) is 22.8. The third kappa shape index (κ3) is 7.61. The van der Waals surface area contributed by atoms with E-state index in [1.54, 1.807) is 36.4 Å². The molecule has 0 radical (unpaired) electrons. The lowest BCUT2D eigenvalue weighted by Gasteiger charge is -2.32. The molecule has 3 aromatic carbocycles. The molecule has 1 N–H and O–H groups in total. The lowest BCUT2D eigenvalue weighted by Crippen LogP contribution is -2.51. The summed E-state index contributed by atoms with van der Waals surface area (Å²) in [4.78, 5) is 28.2. The van der Waals surface area contributed by atoms with Crippen molar-refractivity contribution in [2.24, 2.45) is 0 Å². The highest BCUT2D eigenvalue weighted by molar-refractivity contribution is 9.10. The first-order chi connectivity index (χ1) is 16.8. The Morgan fingerprint density at radius 3 is 2.31 bits per heavy atom. The SMILES string of the molecule is CCNC(=O)C(Cc1ccccc1)N(Cc1c(Cl)cccc1Cl)C(=O)COc1ccc(Cl)cc1Br. The predicted molar refractivity (Wildman–Crippen MR) is 144 cm³/mol. The van der Waals surface area contributed by atoms with Gasteiger partial charge in [-0.3, -0.25) is 9.59 Å². The second kappa shape index (κ2) is 13.2. The van der Waals surface area contributed by atoms with Gasteiger partial charge in [0.2, 0.25) is 5.91 Å². The van der Waals surface area contributed by atoms with Crippen LogP contribution in [-0.4, -0.2) is 35.9 Å². The number of carbonyl (C=O) groups is 2. The Morgan fingerprint density at radius 2 is 1.69 bits per heavy atom. The third-order valence-electron chi connectivity index (χ3n) is 5.26. The highest BCUT2D eigenvalue weighted by Crippen LogP contribution is 2.29. The molecule has 184 valence electrons. The molecule has 2 amide bonds. The van der Waals surface area contributed by atoms with Crippen LogP contribution in [0.4, 0.5) is 0 Å². The van der Waals surface area contributed by atoms with E-state index < -0.39 is 11.9 Å². The van der Waals surface area contributed by atoms with Gasteiger partial charge in [-0.2, -0.15) is 0 Å². The number of nitrogens with zero attached hydrogens (tertiary/aromatic N) is 1. The minimum absolute atomic E-state index is 0.0388. The van der Waals surface area contributed by atoms with Crippen molar-refractivity contribution in [3.63, 3.8) is 0 Å². The van der Waals surface area contributed by atoms with E-state index in [0.717, 1.165) is 5.56 Å². The lowest BCUT2D eigenvalue weighted by atomic mass is 10.0. The summed E-state index contributed by atoms with van der Waals surface area (Å²) in [7, 11) is 0. The molecule has 0 saturated carbocycles. The molecular formula is C26H24BrCl3N2O3. The first-order valence-electron chi connectivity index (χ1n) is 10.9. The van der Waals surface area contributed by atoms with E-state index in [9.17, 15) is 9.59 Å². The van der Waals surface area contributed by atoms with Crippen molar-refractivity contribution in [2.45, 2.75) is 25.9 Å². The molecule has 0 heterocycles. The Balaban J connectivity index is 1.95. The molecule has 0 saturated heterocycles. The molecule has 5 nitrogen and oxygen atoms in total. The fourth-order valence-corrected chi connectivity index (χ4v) is 4.83. The maximum absolute atomic E-state index is 13.6. The van der Waals surface area contributed by atoms with Crippen LogP contribution < -0.4 is 10.1 Å². The van der Waals surface area contributed by atoms with Crippen LogP contribution in [0.25, 0.3) is 0 Å². The number of halogens is 4. The summed E-state index contributed by atoms with van der Waals surface area (Å²) < 4.78 is 6.39. The smallest absolute Gasteiger partial charge is 0.261 e. The number of benzene rings is 3. The molecule has 0 fully saturated rings. The highest BCUT2D eigenvalue weighted by Gasteiger charge is 2.31. The molecule has 1 atom stereocenters. The zero-order chi connectivity index (χ0) is 25.4. The molecule has 0 aromatic heterocycles. The molecule has 0 aliphatic rings. The summed E-state index contributed by atoms with van der Waals surface area (Å²) in [6.45, 7) is 1.99. The van der Waals surface area contributed by atoms with Gasteiger partial charge in [0, 0.05) is 40.1 Å². The summed E-state index contributed by atoms with van der Waals surface area (Å²) in [5, 5.41) is 4.19. The first-order valence-corrected chi connectivity index (χ1v) is 12.8. The Labute approximate surface area is 228 Å². The van der Waals surface area contributed by atoms with E-state index in [1.165, 1.54) is 4.90 Å². The second-order valence-corrected chi connectivity index (χ2v) is 9.79. The van der Waals surface area contributed by atoms with Crippen molar-refractivity contribution >= 4 is 62.5 Å². The number of likely N-dealkylation sites (N-methyl/N-ethyl adjacent to an activating group) is 1. The number of ether oxygens (including phenoxy) is 1. The molecule has 3 aromatic rings. The maximum Gasteiger partial charge on any atom is 0.261 e. The van der Waals surface area contributed by atoms with E-state index in [-0.39, 0.29) is 19.1 Å². The molecule has 0 spiro atoms. The molecule has 9 heteroatoms. The van der Waals surface area contributed by atoms with E-state index >= 15 is 0 Å². The van der Waals surface area contributed by atoms with E-state index in [0.29, 0.717) is 43.8 Å². The van der Waals surface area contributed by atoms with Crippen LogP contribution in [0.5, 0.6) is 5.75 Å². The zero-order valence-electron chi connectivity index (χ0n) is 18.9. The number of hydrogen-bond acceptors (Lipinski definition) is 3. The van der Waals surface area contributed by atoms with Crippen LogP contribution in [0.15, 0.2) is 71.2 Å². The molecule has 35 heavy (non-hydrogen) atoms. The molecular weight excluding hydrogens is 575 g/mol. The van der Waals surface area contributed by atoms with Crippen LogP contribution in [-0.2, 0) is 22.6 Å². The first kappa shape index (κ1) is 27.3. The minimum atomic E-state index is -0.811. The van der Waals surface area contributed by atoms with Crippen molar-refractivity contribution in [2.75, 3.05) is 13.2 Å². The van der Waals surface area contributed by atoms with Crippen molar-refractivity contribution in [3.05, 3.63) is 97.4 Å². The second-order valence-electron chi connectivity index (χ2n) is 7.69. The minimum Gasteiger partial charge on any atom is -0.483 e. The fourth-order valence-electron chi connectivity index (χ4n) is 3.51. The van der Waals surface area contributed by atoms with Crippen LogP contribution in [0.1, 0.15) is 18.1 Å². The topological polar surface area (TPSA) is 58.6 Å². The molecule has 0 aliphatic heterocycles. The highest BCUT2D eigenvalue weighted by atomic mass is 79.9. The van der Waals surface area contributed by atoms with Crippen LogP contribution >= 0.6 is 50.7 Å². The Morgan fingerprint density at radius 1 is 1.00 bits per heavy atom. The number of nitrogens with one attached hydrogen (secondary N) is 1. The Kier molecular flexibility index (Phi) is 10.3. The number of amides is 2. The fraction of sp³-hybridized carbons (Fsp3) is 0.231.